The molecule has 0 spiro atoms. The van der Waals surface area contributed by atoms with Crippen LogP contribution < -0.4 is 10.1 Å². The third-order valence-electron chi connectivity index (χ3n) is 9.94. The van der Waals surface area contributed by atoms with Gasteiger partial charge in [-0.3, -0.25) is 9.88 Å². The van der Waals surface area contributed by atoms with Crippen LogP contribution in [0.3, 0.4) is 0 Å². The zero-order valence-electron chi connectivity index (χ0n) is 27.3. The van der Waals surface area contributed by atoms with Crippen LogP contribution in [0.5, 0.6) is 5.75 Å². The van der Waals surface area contributed by atoms with E-state index in [2.05, 4.69) is 78.0 Å². The molecule has 1 N–H and O–H groups in total. The summed E-state index contributed by atoms with van der Waals surface area (Å²) in [7, 11) is -2.07. The summed E-state index contributed by atoms with van der Waals surface area (Å²) < 4.78 is 35.3. The Bertz CT molecular complexity index is 1100. The van der Waals surface area contributed by atoms with Gasteiger partial charge in [0.15, 0.2) is 0 Å². The van der Waals surface area contributed by atoms with Gasteiger partial charge in [0, 0.05) is 6.04 Å². The van der Waals surface area contributed by atoms with E-state index in [4.69, 9.17) is 13.8 Å². The lowest BCUT2D eigenvalue weighted by atomic mass is 9.75. The Morgan fingerprint density at radius 2 is 1.21 bits per heavy atom. The molecule has 2 aliphatic rings. The molecule has 42 heavy (non-hydrogen) atoms. The van der Waals surface area contributed by atoms with Gasteiger partial charge in [-0.1, -0.05) is 96.8 Å². The Morgan fingerprint density at radius 3 is 1.67 bits per heavy atom. The summed E-state index contributed by atoms with van der Waals surface area (Å²) in [5.74, 6) is 2.83. The molecule has 0 saturated heterocycles. The molecule has 6 heteroatoms. The minimum atomic E-state index is -3.75. The lowest BCUT2D eigenvalue weighted by molar-refractivity contribution is -0.00718. The van der Waals surface area contributed by atoms with E-state index in [1.165, 1.54) is 12.8 Å². The number of benzene rings is 2. The fourth-order valence-electron chi connectivity index (χ4n) is 7.23. The van der Waals surface area contributed by atoms with E-state index >= 15 is 4.57 Å². The molecular formula is C36H56NO4P. The summed E-state index contributed by atoms with van der Waals surface area (Å²) in [6, 6.07) is 18.2. The summed E-state index contributed by atoms with van der Waals surface area (Å²) >= 11 is 0. The van der Waals surface area contributed by atoms with E-state index in [0.717, 1.165) is 42.6 Å². The second-order valence-electron chi connectivity index (χ2n) is 14.0. The first-order chi connectivity index (χ1) is 20.0. The van der Waals surface area contributed by atoms with E-state index in [-0.39, 0.29) is 18.2 Å². The quantitative estimate of drug-likeness (QED) is 0.247. The van der Waals surface area contributed by atoms with E-state index in [1.807, 2.05) is 30.3 Å². The number of methoxy groups -OCH3 is 1. The number of hydrogen-bond donors (Lipinski definition) is 1. The molecule has 0 radical (unpaired) electrons. The first-order valence-corrected chi connectivity index (χ1v) is 18.0. The number of rotatable bonds is 12. The molecule has 0 aliphatic heterocycles. The predicted octanol–water partition coefficient (Wildman–Crippen LogP) is 10.2. The van der Waals surface area contributed by atoms with Crippen molar-refractivity contribution in [3.63, 3.8) is 0 Å². The van der Waals surface area contributed by atoms with Gasteiger partial charge in [0.25, 0.3) is 0 Å². The standard InChI is InChI=1S/C36H56NO4P/c1-24(2)32-20-14-26(5)22-34(32)40-42(38,41-35-23-27(6)15-21-33(35)25(3)4)36(30-16-18-31(39-8)19-17-30)37-28(7)29-12-10-9-11-13-29/h9-13,16-19,24-28,32-37H,14-15,20-23H2,1-8H3/t26-,27+,28-,32+,33+,34+,35+,36-,42?/m0/s1. The molecule has 2 aliphatic carbocycles. The third kappa shape index (κ3) is 8.29. The highest BCUT2D eigenvalue weighted by atomic mass is 31.2. The maximum absolute atomic E-state index is 15.8. The minimum Gasteiger partial charge on any atom is -0.497 e. The summed E-state index contributed by atoms with van der Waals surface area (Å²) in [4.78, 5) is 0. The Kier molecular flexibility index (Phi) is 11.8. The fraction of sp³-hybridized carbons (Fsp3) is 0.667. The molecule has 2 fully saturated rings. The second kappa shape index (κ2) is 14.9. The van der Waals surface area contributed by atoms with Crippen molar-refractivity contribution in [2.24, 2.45) is 35.5 Å². The van der Waals surface area contributed by atoms with E-state index < -0.39 is 13.4 Å². The van der Waals surface area contributed by atoms with Crippen molar-refractivity contribution in [1.29, 1.82) is 0 Å². The average molecular weight is 598 g/mol. The zero-order chi connectivity index (χ0) is 30.4. The highest BCUT2D eigenvalue weighted by Crippen LogP contribution is 2.65. The van der Waals surface area contributed by atoms with Crippen molar-refractivity contribution in [2.45, 2.75) is 111 Å². The van der Waals surface area contributed by atoms with Crippen LogP contribution in [0, 0.1) is 35.5 Å². The molecule has 2 aromatic rings. The van der Waals surface area contributed by atoms with E-state index in [0.29, 0.717) is 35.5 Å². The Hall–Kier alpha value is -1.65. The van der Waals surface area contributed by atoms with Crippen molar-refractivity contribution in [2.75, 3.05) is 7.11 Å². The lowest BCUT2D eigenvalue weighted by Crippen LogP contribution is -2.38. The SMILES string of the molecule is COc1ccc([C@@H](N[C@@H](C)c2ccccc2)P(=O)(O[C@@H]2C[C@H](C)CC[C@@H]2C(C)C)O[C@@H]2C[C@@H](C)CC[C@@H]2C(C)C)cc1. The molecule has 234 valence electrons. The summed E-state index contributed by atoms with van der Waals surface area (Å²) in [5, 5.41) is 3.76. The van der Waals surface area contributed by atoms with Crippen LogP contribution in [0.2, 0.25) is 0 Å². The molecule has 2 aromatic carbocycles. The van der Waals surface area contributed by atoms with Crippen molar-refractivity contribution in [1.82, 2.24) is 5.32 Å². The van der Waals surface area contributed by atoms with E-state index in [9.17, 15) is 0 Å². The molecule has 2 saturated carbocycles. The van der Waals surface area contributed by atoms with Crippen LogP contribution in [-0.2, 0) is 13.6 Å². The smallest absolute Gasteiger partial charge is 0.352 e. The second-order valence-corrected chi connectivity index (χ2v) is 16.0. The summed E-state index contributed by atoms with van der Waals surface area (Å²) in [6.45, 7) is 15.8. The monoisotopic (exact) mass is 597 g/mol. The van der Waals surface area contributed by atoms with Gasteiger partial charge < -0.3 is 13.8 Å². The Labute approximate surface area is 256 Å². The third-order valence-corrected chi connectivity index (χ3v) is 12.2. The van der Waals surface area contributed by atoms with Gasteiger partial charge in [0.1, 0.15) is 11.5 Å². The normalized spacial score (nSPS) is 29.7. The van der Waals surface area contributed by atoms with Crippen LogP contribution in [0.15, 0.2) is 54.6 Å². The number of hydrogen-bond acceptors (Lipinski definition) is 5. The fourth-order valence-corrected chi connectivity index (χ4v) is 9.70. The van der Waals surface area contributed by atoms with Gasteiger partial charge in [0.2, 0.25) is 0 Å². The minimum absolute atomic E-state index is 0.0591. The Morgan fingerprint density at radius 1 is 0.714 bits per heavy atom. The first-order valence-electron chi connectivity index (χ1n) is 16.4. The number of nitrogens with one attached hydrogen (secondary N) is 1. The van der Waals surface area contributed by atoms with Gasteiger partial charge in [-0.25, -0.2) is 0 Å². The Balaban J connectivity index is 1.79. The molecule has 1 unspecified atom stereocenters. The van der Waals surface area contributed by atoms with Crippen molar-refractivity contribution < 1.29 is 18.3 Å². The maximum Gasteiger partial charge on any atom is 0.352 e. The average Bonchev–Trinajstić information content (AvgIpc) is 2.96. The van der Waals surface area contributed by atoms with E-state index in [1.54, 1.807) is 7.11 Å². The maximum atomic E-state index is 15.8. The summed E-state index contributed by atoms with van der Waals surface area (Å²) in [6.07, 6.45) is 6.19. The zero-order valence-corrected chi connectivity index (χ0v) is 28.2. The molecule has 0 amide bonds. The van der Waals surface area contributed by atoms with Crippen molar-refractivity contribution >= 4 is 7.60 Å². The summed E-state index contributed by atoms with van der Waals surface area (Å²) in [5.41, 5.74) is 2.04. The highest BCUT2D eigenvalue weighted by Gasteiger charge is 2.47. The highest BCUT2D eigenvalue weighted by molar-refractivity contribution is 7.54. The lowest BCUT2D eigenvalue weighted by Gasteiger charge is -2.44. The van der Waals surface area contributed by atoms with Crippen molar-refractivity contribution in [3.05, 3.63) is 65.7 Å². The molecular weight excluding hydrogens is 541 g/mol. The molecule has 0 heterocycles. The molecule has 5 nitrogen and oxygen atoms in total. The van der Waals surface area contributed by atoms with Gasteiger partial charge in [-0.2, -0.15) is 0 Å². The topological polar surface area (TPSA) is 56.8 Å². The van der Waals surface area contributed by atoms with Crippen LogP contribution in [0.1, 0.15) is 110 Å². The first kappa shape index (κ1) is 33.2. The molecule has 0 aromatic heterocycles. The van der Waals surface area contributed by atoms with Gasteiger partial charge in [0.05, 0.1) is 19.3 Å². The number of ether oxygens (including phenoxy) is 1. The largest absolute Gasteiger partial charge is 0.497 e. The van der Waals surface area contributed by atoms with Crippen LogP contribution >= 0.6 is 7.60 Å². The van der Waals surface area contributed by atoms with Crippen molar-refractivity contribution in [3.8, 4) is 5.75 Å². The molecule has 0 bridgehead atoms. The van der Waals surface area contributed by atoms with Gasteiger partial charge >= 0.3 is 7.60 Å². The van der Waals surface area contributed by atoms with Crippen LogP contribution in [0.4, 0.5) is 0 Å². The van der Waals surface area contributed by atoms with Crippen LogP contribution in [0.25, 0.3) is 0 Å². The van der Waals surface area contributed by atoms with Crippen LogP contribution in [-0.4, -0.2) is 19.3 Å². The predicted molar refractivity (Wildman–Crippen MR) is 174 cm³/mol. The van der Waals surface area contributed by atoms with Gasteiger partial charge in [-0.15, -0.1) is 0 Å². The van der Waals surface area contributed by atoms with Gasteiger partial charge in [-0.05, 0) is 91.4 Å². The molecule has 4 rings (SSSR count). The molecule has 9 atom stereocenters.